The monoisotopic (exact) mass is 218 g/mol. The Bertz CT molecular complexity index is 455. The van der Waals surface area contributed by atoms with Gasteiger partial charge in [0.2, 0.25) is 0 Å². The molecule has 0 aromatic heterocycles. The van der Waals surface area contributed by atoms with E-state index in [1.54, 1.807) is 24.3 Å². The summed E-state index contributed by atoms with van der Waals surface area (Å²) in [6, 6.07) is 6.45. The number of hydrogen-bond acceptors (Lipinski definition) is 3. The standard InChI is InChI=1S/C12H10O4/c1-6(12(15)16)9-10(13)7-4-2-3-5-8(7)11(9)14/h2-6,9H,1H3,(H,15,16). The summed E-state index contributed by atoms with van der Waals surface area (Å²) in [5.74, 6) is -3.92. The third kappa shape index (κ3) is 1.34. The van der Waals surface area contributed by atoms with Crippen molar-refractivity contribution in [3.8, 4) is 0 Å². The van der Waals surface area contributed by atoms with Gasteiger partial charge in [-0.05, 0) is 0 Å². The SMILES string of the molecule is CC(C(=O)O)C1C(=O)c2ccccc2C1=O. The Balaban J connectivity index is 2.46. The summed E-state index contributed by atoms with van der Waals surface area (Å²) in [6.07, 6.45) is 0. The van der Waals surface area contributed by atoms with Gasteiger partial charge in [0, 0.05) is 11.1 Å². The molecule has 0 fully saturated rings. The summed E-state index contributed by atoms with van der Waals surface area (Å²) >= 11 is 0. The van der Waals surface area contributed by atoms with Crippen LogP contribution in [0.1, 0.15) is 27.6 Å². The fourth-order valence-electron chi connectivity index (χ4n) is 1.96. The van der Waals surface area contributed by atoms with E-state index in [9.17, 15) is 14.4 Å². The summed E-state index contributed by atoms with van der Waals surface area (Å²) in [5.41, 5.74) is 0.677. The zero-order chi connectivity index (χ0) is 11.9. The van der Waals surface area contributed by atoms with Gasteiger partial charge >= 0.3 is 5.97 Å². The van der Waals surface area contributed by atoms with Gasteiger partial charge in [0.05, 0.1) is 11.8 Å². The van der Waals surface area contributed by atoms with Crippen molar-refractivity contribution in [1.82, 2.24) is 0 Å². The third-order valence-corrected chi connectivity index (χ3v) is 2.91. The summed E-state index contributed by atoms with van der Waals surface area (Å²) in [7, 11) is 0. The number of carbonyl (C=O) groups is 3. The molecule has 1 unspecified atom stereocenters. The highest BCUT2D eigenvalue weighted by Gasteiger charge is 2.43. The number of ketones is 2. The van der Waals surface area contributed by atoms with Gasteiger partial charge in [-0.1, -0.05) is 31.2 Å². The highest BCUT2D eigenvalue weighted by Crippen LogP contribution is 2.31. The van der Waals surface area contributed by atoms with Crippen molar-refractivity contribution >= 4 is 17.5 Å². The molecular formula is C12H10O4. The van der Waals surface area contributed by atoms with Crippen molar-refractivity contribution in [1.29, 1.82) is 0 Å². The van der Waals surface area contributed by atoms with Crippen LogP contribution in [0.15, 0.2) is 24.3 Å². The Morgan fingerprint density at radius 1 is 1.19 bits per heavy atom. The van der Waals surface area contributed by atoms with Crippen LogP contribution < -0.4 is 0 Å². The van der Waals surface area contributed by atoms with Crippen LogP contribution >= 0.6 is 0 Å². The maximum absolute atomic E-state index is 11.9. The molecule has 1 aliphatic carbocycles. The minimum atomic E-state index is -1.13. The molecule has 4 heteroatoms. The lowest BCUT2D eigenvalue weighted by Crippen LogP contribution is -2.29. The summed E-state index contributed by atoms with van der Waals surface area (Å²) in [4.78, 5) is 34.6. The van der Waals surface area contributed by atoms with E-state index in [4.69, 9.17) is 5.11 Å². The van der Waals surface area contributed by atoms with Crippen molar-refractivity contribution in [2.45, 2.75) is 6.92 Å². The third-order valence-electron chi connectivity index (χ3n) is 2.91. The predicted molar refractivity (Wildman–Crippen MR) is 55.4 cm³/mol. The van der Waals surface area contributed by atoms with E-state index in [0.29, 0.717) is 11.1 Å². The molecule has 0 saturated heterocycles. The number of hydrogen-bond donors (Lipinski definition) is 1. The van der Waals surface area contributed by atoms with Crippen LogP contribution in [0.2, 0.25) is 0 Å². The highest BCUT2D eigenvalue weighted by atomic mass is 16.4. The van der Waals surface area contributed by atoms with Crippen LogP contribution in [-0.4, -0.2) is 22.6 Å². The first kappa shape index (κ1) is 10.5. The smallest absolute Gasteiger partial charge is 0.307 e. The van der Waals surface area contributed by atoms with Crippen LogP contribution in [0, 0.1) is 11.8 Å². The first-order chi connectivity index (χ1) is 7.54. The number of fused-ring (bicyclic) bond motifs is 1. The Labute approximate surface area is 91.9 Å². The molecule has 4 nitrogen and oxygen atoms in total. The fourth-order valence-corrected chi connectivity index (χ4v) is 1.96. The van der Waals surface area contributed by atoms with Gasteiger partial charge in [-0.3, -0.25) is 14.4 Å². The van der Waals surface area contributed by atoms with Gasteiger partial charge in [-0.2, -0.15) is 0 Å². The minimum absolute atomic E-state index is 0.339. The Hall–Kier alpha value is -1.97. The molecule has 82 valence electrons. The van der Waals surface area contributed by atoms with Gasteiger partial charge in [0.1, 0.15) is 0 Å². The van der Waals surface area contributed by atoms with E-state index < -0.39 is 17.8 Å². The molecule has 16 heavy (non-hydrogen) atoms. The molecule has 0 radical (unpaired) electrons. The Morgan fingerprint density at radius 2 is 1.62 bits per heavy atom. The van der Waals surface area contributed by atoms with Crippen molar-refractivity contribution in [2.24, 2.45) is 11.8 Å². The second-order valence-electron chi connectivity index (χ2n) is 3.88. The number of benzene rings is 1. The van der Waals surface area contributed by atoms with Gasteiger partial charge < -0.3 is 5.11 Å². The maximum Gasteiger partial charge on any atom is 0.307 e. The molecule has 1 aromatic rings. The fraction of sp³-hybridized carbons (Fsp3) is 0.250. The van der Waals surface area contributed by atoms with E-state index in [-0.39, 0.29) is 11.6 Å². The van der Waals surface area contributed by atoms with E-state index >= 15 is 0 Å². The van der Waals surface area contributed by atoms with Crippen LogP contribution in [0.25, 0.3) is 0 Å². The average molecular weight is 218 g/mol. The lowest BCUT2D eigenvalue weighted by atomic mass is 9.90. The first-order valence-corrected chi connectivity index (χ1v) is 4.94. The molecule has 1 aliphatic rings. The molecule has 0 heterocycles. The second kappa shape index (κ2) is 3.56. The number of rotatable bonds is 2. The molecule has 0 amide bonds. The number of Topliss-reactive ketones (excluding diaryl/α,β-unsaturated/α-hetero) is 2. The lowest BCUT2D eigenvalue weighted by molar-refractivity contribution is -0.141. The second-order valence-corrected chi connectivity index (χ2v) is 3.88. The minimum Gasteiger partial charge on any atom is -0.481 e. The predicted octanol–water partition coefficient (Wildman–Crippen LogP) is 1.40. The van der Waals surface area contributed by atoms with Gasteiger partial charge in [0.15, 0.2) is 11.6 Å². The molecule has 0 aliphatic heterocycles. The van der Waals surface area contributed by atoms with Crippen molar-refractivity contribution in [3.05, 3.63) is 35.4 Å². The Kier molecular flexibility index (Phi) is 2.34. The zero-order valence-electron chi connectivity index (χ0n) is 8.64. The van der Waals surface area contributed by atoms with Crippen molar-refractivity contribution < 1.29 is 19.5 Å². The van der Waals surface area contributed by atoms with E-state index in [1.807, 2.05) is 0 Å². The lowest BCUT2D eigenvalue weighted by Gasteiger charge is -2.10. The normalized spacial score (nSPS) is 17.3. The molecule has 0 saturated carbocycles. The van der Waals surface area contributed by atoms with Crippen LogP contribution in [-0.2, 0) is 4.79 Å². The summed E-state index contributed by atoms with van der Waals surface area (Å²) < 4.78 is 0. The molecule has 2 rings (SSSR count). The first-order valence-electron chi connectivity index (χ1n) is 4.94. The molecule has 1 atom stereocenters. The topological polar surface area (TPSA) is 71.4 Å². The van der Waals surface area contributed by atoms with E-state index in [2.05, 4.69) is 0 Å². The summed E-state index contributed by atoms with van der Waals surface area (Å²) in [5, 5.41) is 8.85. The molecule has 0 spiro atoms. The van der Waals surface area contributed by atoms with Crippen molar-refractivity contribution in [2.75, 3.05) is 0 Å². The van der Waals surface area contributed by atoms with Crippen LogP contribution in [0.3, 0.4) is 0 Å². The molecule has 1 N–H and O–H groups in total. The maximum atomic E-state index is 11.9. The Morgan fingerprint density at radius 3 is 2.00 bits per heavy atom. The summed E-state index contributed by atoms with van der Waals surface area (Å²) in [6.45, 7) is 1.38. The average Bonchev–Trinajstić information content (AvgIpc) is 2.52. The molecule has 1 aromatic carbocycles. The van der Waals surface area contributed by atoms with E-state index in [1.165, 1.54) is 6.92 Å². The van der Waals surface area contributed by atoms with Gasteiger partial charge in [-0.25, -0.2) is 0 Å². The largest absolute Gasteiger partial charge is 0.481 e. The van der Waals surface area contributed by atoms with Crippen LogP contribution in [0.5, 0.6) is 0 Å². The number of carbonyl (C=O) groups excluding carboxylic acids is 2. The quantitative estimate of drug-likeness (QED) is 0.761. The van der Waals surface area contributed by atoms with Crippen molar-refractivity contribution in [3.63, 3.8) is 0 Å². The zero-order valence-corrected chi connectivity index (χ0v) is 8.64. The number of carboxylic acids is 1. The van der Waals surface area contributed by atoms with Gasteiger partial charge in [-0.15, -0.1) is 0 Å². The van der Waals surface area contributed by atoms with E-state index in [0.717, 1.165) is 0 Å². The number of carboxylic acid groups (broad SMARTS) is 1. The molecule has 0 bridgehead atoms. The number of aliphatic carboxylic acids is 1. The van der Waals surface area contributed by atoms with Crippen LogP contribution in [0.4, 0.5) is 0 Å². The molecular weight excluding hydrogens is 208 g/mol. The highest BCUT2D eigenvalue weighted by molar-refractivity contribution is 6.27. The van der Waals surface area contributed by atoms with Gasteiger partial charge in [0.25, 0.3) is 0 Å².